The zero-order valence-corrected chi connectivity index (χ0v) is 12.9. The monoisotopic (exact) mass is 310 g/mol. The van der Waals surface area contributed by atoms with Crippen molar-refractivity contribution in [1.82, 2.24) is 10.3 Å². The Balaban J connectivity index is 2.37. The lowest BCUT2D eigenvalue weighted by Gasteiger charge is -2.31. The number of carbonyl (C=O) groups excluding carboxylic acids is 1. The van der Waals surface area contributed by atoms with Crippen LogP contribution in [0.1, 0.15) is 26.3 Å². The summed E-state index contributed by atoms with van der Waals surface area (Å²) in [5.41, 5.74) is -0.0662. The summed E-state index contributed by atoms with van der Waals surface area (Å²) >= 11 is 1.22. The van der Waals surface area contributed by atoms with Gasteiger partial charge in [0.1, 0.15) is 11.6 Å². The lowest BCUT2D eigenvalue weighted by atomic mass is 10.1. The third-order valence-electron chi connectivity index (χ3n) is 2.90. The maximum Gasteiger partial charge on any atom is 0.342 e. The third-order valence-corrected chi connectivity index (χ3v) is 4.35. The number of thioether (sulfide) groups is 1. The molecule has 0 saturated carbocycles. The summed E-state index contributed by atoms with van der Waals surface area (Å²) in [6.07, 6.45) is 3.15. The van der Waals surface area contributed by atoms with Crippen LogP contribution in [0.3, 0.4) is 0 Å². The van der Waals surface area contributed by atoms with Crippen molar-refractivity contribution >= 4 is 23.7 Å². The fraction of sp³-hybridized carbons (Fsp3) is 0.500. The molecule has 114 valence electrons. The second-order valence-electron chi connectivity index (χ2n) is 5.77. The molecule has 2 heterocycles. The van der Waals surface area contributed by atoms with Crippen LogP contribution in [0.25, 0.3) is 0 Å². The number of carboxylic acid groups (broad SMARTS) is 1. The van der Waals surface area contributed by atoms with Crippen molar-refractivity contribution in [2.75, 3.05) is 5.75 Å². The molecule has 7 heteroatoms. The van der Waals surface area contributed by atoms with E-state index in [1.54, 1.807) is 45.3 Å². The summed E-state index contributed by atoms with van der Waals surface area (Å²) in [6, 6.07) is 2.64. The molecule has 1 aliphatic heterocycles. The molecular weight excluding hydrogens is 292 g/mol. The van der Waals surface area contributed by atoms with Gasteiger partial charge in [0.15, 0.2) is 4.87 Å². The molecule has 21 heavy (non-hydrogen) atoms. The van der Waals surface area contributed by atoms with E-state index in [1.165, 1.54) is 11.8 Å². The number of aliphatic carboxylic acids is 1. The number of esters is 1. The summed E-state index contributed by atoms with van der Waals surface area (Å²) in [6.45, 7) is 5.32. The molecule has 1 fully saturated rings. The van der Waals surface area contributed by atoms with E-state index in [-0.39, 0.29) is 5.75 Å². The predicted molar refractivity (Wildman–Crippen MR) is 78.8 cm³/mol. The highest BCUT2D eigenvalue weighted by Gasteiger charge is 2.51. The van der Waals surface area contributed by atoms with Gasteiger partial charge in [-0.05, 0) is 26.8 Å². The molecule has 1 aromatic heterocycles. The highest BCUT2D eigenvalue weighted by Crippen LogP contribution is 2.41. The Morgan fingerprint density at radius 1 is 1.52 bits per heavy atom. The van der Waals surface area contributed by atoms with Crippen LogP contribution in [-0.2, 0) is 19.2 Å². The Morgan fingerprint density at radius 2 is 2.24 bits per heavy atom. The second kappa shape index (κ2) is 5.65. The van der Waals surface area contributed by atoms with E-state index in [0.29, 0.717) is 5.56 Å². The van der Waals surface area contributed by atoms with E-state index in [2.05, 4.69) is 10.3 Å². The number of nitrogens with zero attached hydrogens (tertiary/aromatic N) is 1. The number of hydrogen-bond acceptors (Lipinski definition) is 6. The van der Waals surface area contributed by atoms with Crippen molar-refractivity contribution in [3.63, 3.8) is 0 Å². The summed E-state index contributed by atoms with van der Waals surface area (Å²) in [7, 11) is 0. The minimum atomic E-state index is -1.23. The molecule has 0 aliphatic carbocycles. The fourth-order valence-electron chi connectivity index (χ4n) is 1.99. The first kappa shape index (κ1) is 15.8. The average Bonchev–Trinajstić information content (AvgIpc) is 2.84. The molecule has 0 bridgehead atoms. The van der Waals surface area contributed by atoms with Crippen LogP contribution >= 0.6 is 11.8 Å². The average molecular weight is 310 g/mol. The molecule has 6 nitrogen and oxygen atoms in total. The number of hydrogen-bond donors (Lipinski definition) is 2. The molecule has 0 amide bonds. The Hall–Kier alpha value is -1.60. The molecule has 2 rings (SSSR count). The lowest BCUT2D eigenvalue weighted by Crippen LogP contribution is -2.50. The zero-order valence-electron chi connectivity index (χ0n) is 12.1. The third kappa shape index (κ3) is 3.36. The van der Waals surface area contributed by atoms with Gasteiger partial charge in [0, 0.05) is 23.7 Å². The van der Waals surface area contributed by atoms with Gasteiger partial charge >= 0.3 is 11.9 Å². The summed E-state index contributed by atoms with van der Waals surface area (Å²) in [5, 5.41) is 12.1. The van der Waals surface area contributed by atoms with Gasteiger partial charge in [-0.15, -0.1) is 11.8 Å². The molecule has 2 N–H and O–H groups in total. The quantitative estimate of drug-likeness (QED) is 0.815. The maximum atomic E-state index is 12.6. The van der Waals surface area contributed by atoms with Gasteiger partial charge in [-0.2, -0.15) is 0 Å². The van der Waals surface area contributed by atoms with E-state index in [9.17, 15) is 9.59 Å². The Kier molecular flexibility index (Phi) is 4.25. The normalized spacial score (nSPS) is 25.6. The Morgan fingerprint density at radius 3 is 2.71 bits per heavy atom. The van der Waals surface area contributed by atoms with Crippen LogP contribution in [0.5, 0.6) is 0 Å². The predicted octanol–water partition coefficient (Wildman–Crippen LogP) is 1.37. The molecule has 0 aromatic carbocycles. The van der Waals surface area contributed by atoms with Crippen molar-refractivity contribution in [3.8, 4) is 0 Å². The van der Waals surface area contributed by atoms with Crippen molar-refractivity contribution in [2.45, 2.75) is 37.3 Å². The van der Waals surface area contributed by atoms with Gasteiger partial charge in [0.05, 0.1) is 0 Å². The van der Waals surface area contributed by atoms with Gasteiger partial charge in [-0.25, -0.2) is 4.79 Å². The van der Waals surface area contributed by atoms with Crippen molar-refractivity contribution in [2.24, 2.45) is 0 Å². The molecule has 0 spiro atoms. The molecule has 1 aliphatic rings. The first-order chi connectivity index (χ1) is 9.74. The first-order valence-corrected chi connectivity index (χ1v) is 7.51. The first-order valence-electron chi connectivity index (χ1n) is 6.53. The fourth-order valence-corrected chi connectivity index (χ4v) is 3.31. The van der Waals surface area contributed by atoms with Crippen molar-refractivity contribution < 1.29 is 19.4 Å². The van der Waals surface area contributed by atoms with Gasteiger partial charge in [-0.3, -0.25) is 15.1 Å². The molecule has 1 unspecified atom stereocenters. The summed E-state index contributed by atoms with van der Waals surface area (Å²) < 4.78 is 5.46. The topological polar surface area (TPSA) is 88.5 Å². The number of rotatable bonds is 3. The minimum Gasteiger partial charge on any atom is -0.480 e. The number of pyridine rings is 1. The number of ether oxygens (including phenoxy) is 1. The molecule has 1 saturated heterocycles. The molecule has 1 aromatic rings. The highest BCUT2D eigenvalue weighted by molar-refractivity contribution is 8.01. The van der Waals surface area contributed by atoms with Crippen LogP contribution in [0.4, 0.5) is 0 Å². The van der Waals surface area contributed by atoms with E-state index in [0.717, 1.165) is 0 Å². The maximum absolute atomic E-state index is 12.6. The van der Waals surface area contributed by atoms with E-state index < -0.39 is 28.5 Å². The van der Waals surface area contributed by atoms with E-state index >= 15 is 0 Å². The van der Waals surface area contributed by atoms with Gasteiger partial charge in [0.2, 0.25) is 0 Å². The molecular formula is C14H18N2O4S. The van der Waals surface area contributed by atoms with Gasteiger partial charge in [-0.1, -0.05) is 6.07 Å². The number of nitrogens with one attached hydrogen (secondary N) is 1. The smallest absolute Gasteiger partial charge is 0.342 e. The van der Waals surface area contributed by atoms with Gasteiger partial charge in [0.25, 0.3) is 0 Å². The van der Waals surface area contributed by atoms with Crippen LogP contribution < -0.4 is 5.32 Å². The van der Waals surface area contributed by atoms with Crippen LogP contribution in [0.2, 0.25) is 0 Å². The number of carboxylic acids is 1. The minimum absolute atomic E-state index is 0.281. The SMILES string of the molecule is CC(C)(C)OC(=O)C1(c2cccnc2)N[C@H](C(=O)O)CS1. The van der Waals surface area contributed by atoms with E-state index in [1.807, 2.05) is 0 Å². The molecule has 2 atom stereocenters. The number of carbonyl (C=O) groups is 2. The van der Waals surface area contributed by atoms with Crippen molar-refractivity contribution in [1.29, 1.82) is 0 Å². The summed E-state index contributed by atoms with van der Waals surface area (Å²) in [4.78, 5) is 26.6. The van der Waals surface area contributed by atoms with Crippen LogP contribution in [-0.4, -0.2) is 39.4 Å². The number of aromatic nitrogens is 1. The Labute approximate surface area is 127 Å². The summed E-state index contributed by atoms with van der Waals surface area (Å²) in [5.74, 6) is -1.21. The van der Waals surface area contributed by atoms with Crippen LogP contribution in [0.15, 0.2) is 24.5 Å². The second-order valence-corrected chi connectivity index (χ2v) is 7.01. The zero-order chi connectivity index (χ0) is 15.7. The Bertz CT molecular complexity index is 544. The van der Waals surface area contributed by atoms with Crippen LogP contribution in [0, 0.1) is 0 Å². The van der Waals surface area contributed by atoms with Gasteiger partial charge < -0.3 is 9.84 Å². The standard InChI is InChI=1S/C14H18N2O4S/c1-13(2,3)20-12(19)14(9-5-4-6-15-7-9)16-10(8-21-14)11(17)18/h4-7,10,16H,8H2,1-3H3,(H,17,18)/t10-,14?/m0/s1. The van der Waals surface area contributed by atoms with Crippen molar-refractivity contribution in [3.05, 3.63) is 30.1 Å². The van der Waals surface area contributed by atoms with E-state index in [4.69, 9.17) is 9.84 Å². The highest BCUT2D eigenvalue weighted by atomic mass is 32.2. The lowest BCUT2D eigenvalue weighted by molar-refractivity contribution is -0.159. The largest absolute Gasteiger partial charge is 0.480 e. The molecule has 0 radical (unpaired) electrons.